The minimum atomic E-state index is -5.59. The van der Waals surface area contributed by atoms with Crippen LogP contribution in [-0.2, 0) is 4.74 Å². The number of hydrogen-bond acceptors (Lipinski definition) is 4. The molecule has 0 aromatic heterocycles. The highest BCUT2D eigenvalue weighted by Gasteiger charge is 2.58. The summed E-state index contributed by atoms with van der Waals surface area (Å²) in [4.78, 5) is 4.08. The number of halogens is 6. The number of aliphatic hydroxyl groups is 1. The molecule has 1 atom stereocenters. The van der Waals surface area contributed by atoms with E-state index < -0.39 is 31.2 Å². The average molecular weight is 476 g/mol. The van der Waals surface area contributed by atoms with Gasteiger partial charge in [-0.3, -0.25) is 9.80 Å². The van der Waals surface area contributed by atoms with Crippen LogP contribution in [0.4, 0.5) is 26.3 Å². The zero-order chi connectivity index (χ0) is 24.1. The number of piperazine rings is 1. The van der Waals surface area contributed by atoms with E-state index in [1.165, 1.54) is 0 Å². The van der Waals surface area contributed by atoms with Gasteiger partial charge in [-0.05, 0) is 11.1 Å². The first kappa shape index (κ1) is 25.5. The van der Waals surface area contributed by atoms with Crippen LogP contribution >= 0.6 is 0 Å². The van der Waals surface area contributed by atoms with Gasteiger partial charge in [0.05, 0.1) is 18.8 Å². The van der Waals surface area contributed by atoms with E-state index >= 15 is 0 Å². The van der Waals surface area contributed by atoms with Gasteiger partial charge < -0.3 is 9.84 Å². The Bertz CT molecular complexity index is 786. The monoisotopic (exact) mass is 476 g/mol. The summed E-state index contributed by atoms with van der Waals surface area (Å²) >= 11 is 0. The van der Waals surface area contributed by atoms with Crippen LogP contribution < -0.4 is 0 Å². The minimum absolute atomic E-state index is 0.0159. The molecule has 1 N–H and O–H groups in total. The SMILES string of the molecule is OC(COC(C(F)(F)F)C(F)(F)F)CN1CCN(C(c2ccccc2)c2ccccc2)CC1. The second-order valence-electron chi connectivity index (χ2n) is 8.01. The molecule has 0 radical (unpaired) electrons. The lowest BCUT2D eigenvalue weighted by Crippen LogP contribution is -2.51. The van der Waals surface area contributed by atoms with Crippen LogP contribution in [0.25, 0.3) is 0 Å². The molecule has 10 heteroatoms. The van der Waals surface area contributed by atoms with E-state index in [-0.39, 0.29) is 12.6 Å². The van der Waals surface area contributed by atoms with Gasteiger partial charge in [0.25, 0.3) is 0 Å². The molecule has 4 nitrogen and oxygen atoms in total. The molecular weight excluding hydrogens is 450 g/mol. The second kappa shape index (κ2) is 10.9. The molecule has 1 saturated heterocycles. The molecule has 0 saturated carbocycles. The number of hydrogen-bond donors (Lipinski definition) is 1. The summed E-state index contributed by atoms with van der Waals surface area (Å²) in [7, 11) is 0. The summed E-state index contributed by atoms with van der Waals surface area (Å²) in [5.41, 5.74) is 2.24. The normalized spacial score (nSPS) is 17.6. The number of β-amino-alcohol motifs (C(OH)–C–C–N with tert-alkyl or cyclic N) is 1. The van der Waals surface area contributed by atoms with Gasteiger partial charge in [0.1, 0.15) is 0 Å². The van der Waals surface area contributed by atoms with E-state index in [9.17, 15) is 31.4 Å². The van der Waals surface area contributed by atoms with Crippen LogP contribution in [0.5, 0.6) is 0 Å². The first-order valence-electron chi connectivity index (χ1n) is 10.5. The van der Waals surface area contributed by atoms with Crippen LogP contribution in [0.15, 0.2) is 60.7 Å². The van der Waals surface area contributed by atoms with Crippen molar-refractivity contribution in [3.8, 4) is 0 Å². The molecule has 1 aliphatic heterocycles. The van der Waals surface area contributed by atoms with E-state index in [4.69, 9.17) is 0 Å². The fourth-order valence-electron chi connectivity index (χ4n) is 4.02. The maximum absolute atomic E-state index is 12.6. The molecule has 0 amide bonds. The fraction of sp³-hybridized carbons (Fsp3) is 0.478. The van der Waals surface area contributed by atoms with Crippen LogP contribution in [-0.4, -0.2) is 78.8 Å². The molecule has 2 aromatic carbocycles. The third-order valence-electron chi connectivity index (χ3n) is 5.52. The van der Waals surface area contributed by atoms with Crippen LogP contribution in [0.1, 0.15) is 17.2 Å². The van der Waals surface area contributed by atoms with Crippen molar-refractivity contribution in [3.05, 3.63) is 71.8 Å². The summed E-state index contributed by atoms with van der Waals surface area (Å²) in [6.45, 7) is 1.13. The summed E-state index contributed by atoms with van der Waals surface area (Å²) in [5.74, 6) is 0. The quantitative estimate of drug-likeness (QED) is 0.578. The predicted octanol–water partition coefficient (Wildman–Crippen LogP) is 4.26. The van der Waals surface area contributed by atoms with Crippen molar-refractivity contribution in [1.82, 2.24) is 9.80 Å². The lowest BCUT2D eigenvalue weighted by atomic mass is 9.96. The molecule has 0 aliphatic carbocycles. The molecule has 3 rings (SSSR count). The number of alkyl halides is 6. The van der Waals surface area contributed by atoms with E-state index in [0.717, 1.165) is 11.1 Å². The summed E-state index contributed by atoms with van der Waals surface area (Å²) < 4.78 is 79.5. The summed E-state index contributed by atoms with van der Waals surface area (Å²) in [6, 6.07) is 19.9. The average Bonchev–Trinajstić information content (AvgIpc) is 2.75. The van der Waals surface area contributed by atoms with Crippen molar-refractivity contribution in [2.45, 2.75) is 30.6 Å². The fourth-order valence-corrected chi connectivity index (χ4v) is 4.02. The molecule has 2 aromatic rings. The molecule has 1 unspecified atom stereocenters. The Labute approximate surface area is 188 Å². The van der Waals surface area contributed by atoms with Gasteiger partial charge in [-0.25, -0.2) is 0 Å². The van der Waals surface area contributed by atoms with Crippen molar-refractivity contribution in [1.29, 1.82) is 0 Å². The summed E-state index contributed by atoms with van der Waals surface area (Å²) in [6.07, 6.45) is -16.6. The van der Waals surface area contributed by atoms with Gasteiger partial charge in [0.15, 0.2) is 0 Å². The number of nitrogens with zero attached hydrogens (tertiary/aromatic N) is 2. The van der Waals surface area contributed by atoms with E-state index in [0.29, 0.717) is 26.2 Å². The zero-order valence-corrected chi connectivity index (χ0v) is 17.8. The molecule has 0 bridgehead atoms. The van der Waals surface area contributed by atoms with E-state index in [2.05, 4.69) is 9.64 Å². The number of ether oxygens (including phenoxy) is 1. The van der Waals surface area contributed by atoms with Gasteiger partial charge in [-0.15, -0.1) is 0 Å². The molecule has 1 heterocycles. The maximum Gasteiger partial charge on any atom is 0.423 e. The minimum Gasteiger partial charge on any atom is -0.389 e. The topological polar surface area (TPSA) is 35.9 Å². The lowest BCUT2D eigenvalue weighted by Gasteiger charge is -2.40. The Morgan fingerprint density at radius 1 is 0.758 bits per heavy atom. The third kappa shape index (κ3) is 7.17. The Hall–Kier alpha value is -2.14. The molecule has 182 valence electrons. The molecule has 1 fully saturated rings. The molecule has 1 aliphatic rings. The predicted molar refractivity (Wildman–Crippen MR) is 111 cm³/mol. The number of rotatable bonds is 8. The van der Waals surface area contributed by atoms with Crippen molar-refractivity contribution in [3.63, 3.8) is 0 Å². The van der Waals surface area contributed by atoms with Gasteiger partial charge in [0.2, 0.25) is 6.10 Å². The van der Waals surface area contributed by atoms with Crippen LogP contribution in [0, 0.1) is 0 Å². The van der Waals surface area contributed by atoms with Gasteiger partial charge in [-0.1, -0.05) is 60.7 Å². The van der Waals surface area contributed by atoms with Gasteiger partial charge in [0, 0.05) is 32.7 Å². The first-order valence-corrected chi connectivity index (χ1v) is 10.5. The molecular formula is C23H26F6N2O2. The van der Waals surface area contributed by atoms with Crippen molar-refractivity contribution >= 4 is 0 Å². The Morgan fingerprint density at radius 2 is 1.21 bits per heavy atom. The smallest absolute Gasteiger partial charge is 0.389 e. The highest BCUT2D eigenvalue weighted by molar-refractivity contribution is 5.31. The van der Waals surface area contributed by atoms with E-state index in [1.807, 2.05) is 65.6 Å². The Balaban J connectivity index is 1.56. The highest BCUT2D eigenvalue weighted by Crippen LogP contribution is 2.35. The Morgan fingerprint density at radius 3 is 1.64 bits per heavy atom. The lowest BCUT2D eigenvalue weighted by molar-refractivity contribution is -0.324. The summed E-state index contributed by atoms with van der Waals surface area (Å²) in [5, 5.41) is 10.00. The largest absolute Gasteiger partial charge is 0.423 e. The van der Waals surface area contributed by atoms with Crippen LogP contribution in [0.2, 0.25) is 0 Å². The Kier molecular flexibility index (Phi) is 8.38. The first-order chi connectivity index (χ1) is 15.6. The number of benzene rings is 2. The third-order valence-corrected chi connectivity index (χ3v) is 5.52. The standard InChI is InChI=1S/C23H26F6N2O2/c24-22(25,26)21(23(27,28)29)33-16-19(32)15-30-11-13-31(14-12-30)20(17-7-3-1-4-8-17)18-9-5-2-6-10-18/h1-10,19-21,32H,11-16H2. The maximum atomic E-state index is 12.6. The van der Waals surface area contributed by atoms with E-state index in [1.54, 1.807) is 0 Å². The van der Waals surface area contributed by atoms with Gasteiger partial charge in [-0.2, -0.15) is 26.3 Å². The van der Waals surface area contributed by atoms with Crippen LogP contribution in [0.3, 0.4) is 0 Å². The van der Waals surface area contributed by atoms with Crippen molar-refractivity contribution in [2.75, 3.05) is 39.3 Å². The number of aliphatic hydroxyl groups excluding tert-OH is 1. The molecule has 33 heavy (non-hydrogen) atoms. The van der Waals surface area contributed by atoms with Crippen molar-refractivity contribution < 1.29 is 36.2 Å². The highest BCUT2D eigenvalue weighted by atomic mass is 19.4. The second-order valence-corrected chi connectivity index (χ2v) is 8.01. The molecule has 0 spiro atoms. The van der Waals surface area contributed by atoms with Gasteiger partial charge >= 0.3 is 12.4 Å². The zero-order valence-electron chi connectivity index (χ0n) is 17.8. The van der Waals surface area contributed by atoms with Crippen molar-refractivity contribution in [2.24, 2.45) is 0 Å².